The van der Waals surface area contributed by atoms with E-state index in [1.54, 1.807) is 13.2 Å². The highest BCUT2D eigenvalue weighted by atomic mass is 32.1. The molecule has 2 aromatic heterocycles. The van der Waals surface area contributed by atoms with Crippen molar-refractivity contribution < 1.29 is 4.74 Å². The van der Waals surface area contributed by atoms with Crippen LogP contribution in [0.4, 0.5) is 0 Å². The topological polar surface area (TPSA) is 75.7 Å². The second-order valence-electron chi connectivity index (χ2n) is 5.90. The Balaban J connectivity index is 1.77. The number of nitrogens with zero attached hydrogens (tertiary/aromatic N) is 2. The van der Waals surface area contributed by atoms with Crippen molar-refractivity contribution in [2.45, 2.75) is 0 Å². The van der Waals surface area contributed by atoms with Crippen molar-refractivity contribution in [3.05, 3.63) is 90.3 Å². The van der Waals surface area contributed by atoms with E-state index in [9.17, 15) is 4.79 Å². The van der Waals surface area contributed by atoms with Crippen LogP contribution in [0.3, 0.4) is 0 Å². The van der Waals surface area contributed by atoms with Crippen molar-refractivity contribution in [1.29, 1.82) is 0 Å². The van der Waals surface area contributed by atoms with E-state index < -0.39 is 0 Å². The molecule has 6 nitrogen and oxygen atoms in total. The summed E-state index contributed by atoms with van der Waals surface area (Å²) in [5, 5.41) is 7.09. The largest absolute Gasteiger partial charge is 0.497 e. The minimum atomic E-state index is -0.146. The molecule has 0 aliphatic carbocycles. The highest BCUT2D eigenvalue weighted by molar-refractivity contribution is 7.71. The van der Waals surface area contributed by atoms with E-state index in [1.165, 1.54) is 11.3 Å². The van der Waals surface area contributed by atoms with Gasteiger partial charge in [0, 0.05) is 11.8 Å². The summed E-state index contributed by atoms with van der Waals surface area (Å²) in [5.41, 5.74) is 1.68. The number of ether oxygens (including phenoxy) is 1. The molecule has 0 saturated heterocycles. The van der Waals surface area contributed by atoms with E-state index >= 15 is 0 Å². The standard InChI is InChI=1S/C20H16N4O2S2/c1-26-15-9-7-13(8-10-15)11-16-19(25)21-18(28-16)12-17-22-23-20(27)24(17)14-5-3-2-4-6-14/h2-12H,1H3,(H,21,25)(H,23,27). The predicted molar refractivity (Wildman–Crippen MR) is 113 cm³/mol. The van der Waals surface area contributed by atoms with Gasteiger partial charge in [0.2, 0.25) is 0 Å². The Morgan fingerprint density at radius 3 is 2.57 bits per heavy atom. The van der Waals surface area contributed by atoms with Crippen LogP contribution in [-0.2, 0) is 0 Å². The fourth-order valence-corrected chi connectivity index (χ4v) is 3.85. The van der Waals surface area contributed by atoms with E-state index in [0.29, 0.717) is 19.8 Å². The van der Waals surface area contributed by atoms with Gasteiger partial charge in [-0.3, -0.25) is 14.5 Å². The molecule has 0 amide bonds. The van der Waals surface area contributed by atoms with Gasteiger partial charge >= 0.3 is 0 Å². The van der Waals surface area contributed by atoms with Crippen LogP contribution in [0.15, 0.2) is 59.4 Å². The first-order valence-corrected chi connectivity index (χ1v) is 9.66. The monoisotopic (exact) mass is 408 g/mol. The minimum absolute atomic E-state index is 0.146. The van der Waals surface area contributed by atoms with Gasteiger partial charge in [0.05, 0.1) is 16.3 Å². The zero-order valence-corrected chi connectivity index (χ0v) is 16.5. The molecule has 4 aromatic rings. The van der Waals surface area contributed by atoms with Gasteiger partial charge in [0.1, 0.15) is 5.75 Å². The Labute approximate surface area is 169 Å². The lowest BCUT2D eigenvalue weighted by Crippen LogP contribution is -2.19. The molecule has 4 rings (SSSR count). The third-order valence-corrected chi connectivity index (χ3v) is 5.30. The van der Waals surface area contributed by atoms with E-state index in [0.717, 1.165) is 17.0 Å². The van der Waals surface area contributed by atoms with Crippen LogP contribution in [0, 0.1) is 4.77 Å². The molecule has 0 bridgehead atoms. The summed E-state index contributed by atoms with van der Waals surface area (Å²) in [5.74, 6) is 1.39. The SMILES string of the molecule is COc1ccc(C=c2sc(=Cc3n[nH]c(=S)n3-c3ccccc3)[nH]c2=O)cc1. The van der Waals surface area contributed by atoms with Gasteiger partial charge in [-0.05, 0) is 48.1 Å². The molecular formula is C20H16N4O2S2. The number of H-pyrrole nitrogens is 2. The Morgan fingerprint density at radius 1 is 1.11 bits per heavy atom. The maximum atomic E-state index is 12.3. The molecule has 0 radical (unpaired) electrons. The van der Waals surface area contributed by atoms with Gasteiger partial charge < -0.3 is 9.72 Å². The van der Waals surface area contributed by atoms with Gasteiger partial charge in [0.25, 0.3) is 5.56 Å². The van der Waals surface area contributed by atoms with Gasteiger partial charge in [-0.15, -0.1) is 11.3 Å². The molecule has 0 unspecified atom stereocenters. The predicted octanol–water partition coefficient (Wildman–Crippen LogP) is 2.35. The quantitative estimate of drug-likeness (QED) is 0.508. The number of aromatic amines is 2. The summed E-state index contributed by atoms with van der Waals surface area (Å²) in [6.45, 7) is 0. The molecular weight excluding hydrogens is 392 g/mol. The van der Waals surface area contributed by atoms with Crippen LogP contribution < -0.4 is 19.5 Å². The third-order valence-electron chi connectivity index (χ3n) is 4.07. The lowest BCUT2D eigenvalue weighted by atomic mass is 10.2. The smallest absolute Gasteiger partial charge is 0.266 e. The van der Waals surface area contributed by atoms with E-state index in [1.807, 2.05) is 65.2 Å². The molecule has 8 heteroatoms. The van der Waals surface area contributed by atoms with Crippen LogP contribution >= 0.6 is 23.6 Å². The summed E-state index contributed by atoms with van der Waals surface area (Å²) < 4.78 is 8.76. The van der Waals surface area contributed by atoms with Crippen LogP contribution in [0.2, 0.25) is 0 Å². The van der Waals surface area contributed by atoms with Crippen molar-refractivity contribution in [1.82, 2.24) is 19.7 Å². The summed E-state index contributed by atoms with van der Waals surface area (Å²) in [6, 6.07) is 17.2. The van der Waals surface area contributed by atoms with E-state index in [2.05, 4.69) is 15.2 Å². The van der Waals surface area contributed by atoms with Crippen LogP contribution in [0.5, 0.6) is 5.75 Å². The lowest BCUT2D eigenvalue weighted by Gasteiger charge is -2.02. The number of hydrogen-bond acceptors (Lipinski definition) is 5. The Bertz CT molecular complexity index is 1330. The van der Waals surface area contributed by atoms with Crippen LogP contribution in [-0.4, -0.2) is 26.9 Å². The van der Waals surface area contributed by atoms with E-state index in [4.69, 9.17) is 17.0 Å². The van der Waals surface area contributed by atoms with Crippen molar-refractivity contribution in [2.24, 2.45) is 0 Å². The Kier molecular flexibility index (Phi) is 5.05. The van der Waals surface area contributed by atoms with Crippen molar-refractivity contribution >= 4 is 35.7 Å². The van der Waals surface area contributed by atoms with Gasteiger partial charge in [0.15, 0.2) is 10.6 Å². The minimum Gasteiger partial charge on any atom is -0.497 e. The Hall–Kier alpha value is -3.23. The number of rotatable bonds is 4. The molecule has 0 aliphatic heterocycles. The van der Waals surface area contributed by atoms with Gasteiger partial charge in [-0.25, -0.2) is 0 Å². The highest BCUT2D eigenvalue weighted by Gasteiger charge is 2.06. The number of benzene rings is 2. The van der Waals surface area contributed by atoms with E-state index in [-0.39, 0.29) is 5.56 Å². The third kappa shape index (κ3) is 3.73. The molecule has 0 aliphatic rings. The molecule has 2 N–H and O–H groups in total. The lowest BCUT2D eigenvalue weighted by molar-refractivity contribution is 0.415. The van der Waals surface area contributed by atoms with Crippen molar-refractivity contribution in [2.75, 3.05) is 7.11 Å². The molecule has 28 heavy (non-hydrogen) atoms. The number of para-hydroxylation sites is 1. The fourth-order valence-electron chi connectivity index (χ4n) is 2.73. The zero-order valence-electron chi connectivity index (χ0n) is 14.9. The first-order valence-electron chi connectivity index (χ1n) is 8.43. The molecule has 0 spiro atoms. The Morgan fingerprint density at radius 2 is 1.86 bits per heavy atom. The van der Waals surface area contributed by atoms with Crippen LogP contribution in [0.25, 0.3) is 17.8 Å². The molecule has 0 saturated carbocycles. The molecule has 2 heterocycles. The first-order chi connectivity index (χ1) is 13.6. The molecule has 2 aromatic carbocycles. The second kappa shape index (κ2) is 7.79. The van der Waals surface area contributed by atoms with Crippen molar-refractivity contribution in [3.63, 3.8) is 0 Å². The molecule has 0 fully saturated rings. The molecule has 140 valence electrons. The highest BCUT2D eigenvalue weighted by Crippen LogP contribution is 2.12. The number of thiazole rings is 1. The summed E-state index contributed by atoms with van der Waals surface area (Å²) in [4.78, 5) is 15.2. The van der Waals surface area contributed by atoms with Gasteiger partial charge in [-0.2, -0.15) is 5.10 Å². The summed E-state index contributed by atoms with van der Waals surface area (Å²) in [7, 11) is 1.62. The normalized spacial score (nSPS) is 12.5. The van der Waals surface area contributed by atoms with Crippen LogP contribution in [0.1, 0.15) is 11.4 Å². The maximum Gasteiger partial charge on any atom is 0.266 e. The second-order valence-corrected chi connectivity index (χ2v) is 7.37. The number of hydrogen-bond donors (Lipinski definition) is 2. The summed E-state index contributed by atoms with van der Waals surface area (Å²) in [6.07, 6.45) is 3.64. The molecule has 0 atom stereocenters. The number of methoxy groups -OCH3 is 1. The maximum absolute atomic E-state index is 12.3. The zero-order chi connectivity index (χ0) is 19.5. The average Bonchev–Trinajstić information content (AvgIpc) is 3.25. The van der Waals surface area contributed by atoms with Crippen molar-refractivity contribution in [3.8, 4) is 11.4 Å². The number of aromatic nitrogens is 4. The van der Waals surface area contributed by atoms with Gasteiger partial charge in [-0.1, -0.05) is 30.3 Å². The first kappa shape index (κ1) is 18.1. The summed E-state index contributed by atoms with van der Waals surface area (Å²) >= 11 is 6.71. The fraction of sp³-hybridized carbons (Fsp3) is 0.0500. The average molecular weight is 409 g/mol. The number of nitrogens with one attached hydrogen (secondary N) is 2.